The fraction of sp³-hybridized carbons (Fsp3) is 0.933. The Bertz CT molecular complexity index is 279. The van der Waals surface area contributed by atoms with E-state index in [-0.39, 0.29) is 11.8 Å². The molecule has 0 aliphatic carbocycles. The molecule has 2 N–H and O–H groups in total. The molecule has 1 unspecified atom stereocenters. The Hall–Kier alpha value is -0.610. The monoisotopic (exact) mass is 267 g/mol. The Kier molecular flexibility index (Phi) is 5.64. The van der Waals surface area contributed by atoms with Crippen molar-refractivity contribution in [1.82, 2.24) is 15.5 Å². The summed E-state index contributed by atoms with van der Waals surface area (Å²) in [4.78, 5) is 14.7. The molecule has 110 valence electrons. The minimum atomic E-state index is 0.197. The molecule has 0 saturated carbocycles. The standard InChI is InChI=1S/C15H29N3O/c1-12(2)11-18-8-5-14(6-9-18)17-15(19)13-4-3-7-16-10-13/h12-14,16H,3-11H2,1-2H3,(H,17,19). The zero-order chi connectivity index (χ0) is 13.7. The van der Waals surface area contributed by atoms with Crippen LogP contribution in [0.1, 0.15) is 39.5 Å². The van der Waals surface area contributed by atoms with Crippen LogP contribution in [0.15, 0.2) is 0 Å². The molecule has 4 heteroatoms. The highest BCUT2D eigenvalue weighted by molar-refractivity contribution is 5.79. The van der Waals surface area contributed by atoms with E-state index in [9.17, 15) is 4.79 Å². The molecule has 1 atom stereocenters. The molecule has 0 spiro atoms. The van der Waals surface area contributed by atoms with Crippen LogP contribution < -0.4 is 10.6 Å². The lowest BCUT2D eigenvalue weighted by molar-refractivity contribution is -0.126. The van der Waals surface area contributed by atoms with E-state index in [4.69, 9.17) is 0 Å². The molecule has 2 aliphatic rings. The maximum Gasteiger partial charge on any atom is 0.224 e. The predicted octanol–water partition coefficient (Wildman–Crippen LogP) is 1.22. The van der Waals surface area contributed by atoms with E-state index in [0.29, 0.717) is 6.04 Å². The van der Waals surface area contributed by atoms with Crippen molar-refractivity contribution < 1.29 is 4.79 Å². The highest BCUT2D eigenvalue weighted by Crippen LogP contribution is 2.15. The van der Waals surface area contributed by atoms with Crippen LogP contribution in [0.3, 0.4) is 0 Å². The number of hydrogen-bond acceptors (Lipinski definition) is 3. The molecule has 19 heavy (non-hydrogen) atoms. The predicted molar refractivity (Wildman–Crippen MR) is 78.0 cm³/mol. The Morgan fingerprint density at radius 2 is 2.05 bits per heavy atom. The van der Waals surface area contributed by atoms with Gasteiger partial charge in [-0.25, -0.2) is 0 Å². The quantitative estimate of drug-likeness (QED) is 0.805. The SMILES string of the molecule is CC(C)CN1CCC(NC(=O)C2CCCNC2)CC1. The number of carbonyl (C=O) groups is 1. The van der Waals surface area contributed by atoms with Crippen LogP contribution in [0.5, 0.6) is 0 Å². The number of likely N-dealkylation sites (tertiary alicyclic amines) is 1. The molecule has 2 rings (SSSR count). The first-order chi connectivity index (χ1) is 9.15. The fourth-order valence-electron chi connectivity index (χ4n) is 3.17. The summed E-state index contributed by atoms with van der Waals surface area (Å²) in [7, 11) is 0. The summed E-state index contributed by atoms with van der Waals surface area (Å²) in [6.07, 6.45) is 4.40. The zero-order valence-corrected chi connectivity index (χ0v) is 12.5. The molecule has 2 heterocycles. The molecule has 4 nitrogen and oxygen atoms in total. The number of rotatable bonds is 4. The molecule has 2 saturated heterocycles. The molecular weight excluding hydrogens is 238 g/mol. The fourth-order valence-corrected chi connectivity index (χ4v) is 3.17. The van der Waals surface area contributed by atoms with Crippen LogP contribution >= 0.6 is 0 Å². The van der Waals surface area contributed by atoms with Gasteiger partial charge in [0.2, 0.25) is 5.91 Å². The van der Waals surface area contributed by atoms with E-state index in [1.807, 2.05) is 0 Å². The molecule has 0 bridgehead atoms. The second-order valence-corrected chi connectivity index (χ2v) is 6.52. The summed E-state index contributed by atoms with van der Waals surface area (Å²) >= 11 is 0. The van der Waals surface area contributed by atoms with Crippen LogP contribution in [0.25, 0.3) is 0 Å². The third kappa shape index (κ3) is 4.77. The van der Waals surface area contributed by atoms with Gasteiger partial charge in [0.25, 0.3) is 0 Å². The van der Waals surface area contributed by atoms with Gasteiger partial charge in [-0.1, -0.05) is 13.8 Å². The Balaban J connectivity index is 1.68. The second kappa shape index (κ2) is 7.25. The third-order valence-corrected chi connectivity index (χ3v) is 4.22. The van der Waals surface area contributed by atoms with Crippen molar-refractivity contribution in [3.8, 4) is 0 Å². The first-order valence-corrected chi connectivity index (χ1v) is 7.88. The normalized spacial score (nSPS) is 26.6. The van der Waals surface area contributed by atoms with E-state index in [1.165, 1.54) is 6.54 Å². The minimum Gasteiger partial charge on any atom is -0.353 e. The van der Waals surface area contributed by atoms with Crippen molar-refractivity contribution in [2.75, 3.05) is 32.7 Å². The van der Waals surface area contributed by atoms with E-state index in [0.717, 1.165) is 57.8 Å². The third-order valence-electron chi connectivity index (χ3n) is 4.22. The summed E-state index contributed by atoms with van der Waals surface area (Å²) in [6, 6.07) is 0.401. The summed E-state index contributed by atoms with van der Waals surface area (Å²) in [5.74, 6) is 1.21. The highest BCUT2D eigenvalue weighted by Gasteiger charge is 2.25. The van der Waals surface area contributed by atoms with Gasteiger partial charge >= 0.3 is 0 Å². The zero-order valence-electron chi connectivity index (χ0n) is 12.5. The van der Waals surface area contributed by atoms with Gasteiger partial charge in [-0.15, -0.1) is 0 Å². The van der Waals surface area contributed by atoms with Gasteiger partial charge in [0.15, 0.2) is 0 Å². The van der Waals surface area contributed by atoms with Gasteiger partial charge in [0.1, 0.15) is 0 Å². The van der Waals surface area contributed by atoms with Crippen molar-refractivity contribution >= 4 is 5.91 Å². The summed E-state index contributed by atoms with van der Waals surface area (Å²) in [5, 5.41) is 6.57. The van der Waals surface area contributed by atoms with Gasteiger partial charge in [0, 0.05) is 32.2 Å². The number of hydrogen-bond donors (Lipinski definition) is 2. The van der Waals surface area contributed by atoms with Crippen molar-refractivity contribution in [2.24, 2.45) is 11.8 Å². The van der Waals surface area contributed by atoms with Crippen LogP contribution in [0.4, 0.5) is 0 Å². The number of amides is 1. The van der Waals surface area contributed by atoms with Crippen molar-refractivity contribution in [2.45, 2.75) is 45.6 Å². The average Bonchev–Trinajstić information content (AvgIpc) is 2.41. The molecule has 0 aromatic heterocycles. The molecule has 2 fully saturated rings. The highest BCUT2D eigenvalue weighted by atomic mass is 16.2. The summed E-state index contributed by atoms with van der Waals surface area (Å²) in [6.45, 7) is 9.91. The lowest BCUT2D eigenvalue weighted by Crippen LogP contribution is -2.49. The molecule has 0 radical (unpaired) electrons. The lowest BCUT2D eigenvalue weighted by atomic mass is 9.97. The second-order valence-electron chi connectivity index (χ2n) is 6.52. The van der Waals surface area contributed by atoms with Crippen molar-refractivity contribution in [1.29, 1.82) is 0 Å². The molecule has 0 aromatic rings. The number of carbonyl (C=O) groups excluding carboxylic acids is 1. The average molecular weight is 267 g/mol. The Labute approximate surface area is 117 Å². The summed E-state index contributed by atoms with van der Waals surface area (Å²) in [5.41, 5.74) is 0. The van der Waals surface area contributed by atoms with E-state index in [2.05, 4.69) is 29.4 Å². The van der Waals surface area contributed by atoms with Gasteiger partial charge < -0.3 is 15.5 Å². The van der Waals surface area contributed by atoms with Crippen LogP contribution in [0.2, 0.25) is 0 Å². The van der Waals surface area contributed by atoms with Crippen LogP contribution in [-0.2, 0) is 4.79 Å². The van der Waals surface area contributed by atoms with Crippen molar-refractivity contribution in [3.63, 3.8) is 0 Å². The Morgan fingerprint density at radius 3 is 2.63 bits per heavy atom. The number of piperidine rings is 2. The maximum atomic E-state index is 12.2. The Morgan fingerprint density at radius 1 is 1.32 bits per heavy atom. The number of nitrogens with one attached hydrogen (secondary N) is 2. The molecular formula is C15H29N3O. The summed E-state index contributed by atoms with van der Waals surface area (Å²) < 4.78 is 0. The topological polar surface area (TPSA) is 44.4 Å². The maximum absolute atomic E-state index is 12.2. The van der Waals surface area contributed by atoms with E-state index >= 15 is 0 Å². The van der Waals surface area contributed by atoms with Crippen LogP contribution in [-0.4, -0.2) is 49.6 Å². The lowest BCUT2D eigenvalue weighted by Gasteiger charge is -2.34. The van der Waals surface area contributed by atoms with E-state index < -0.39 is 0 Å². The molecule has 0 aromatic carbocycles. The molecule has 1 amide bonds. The molecule has 2 aliphatic heterocycles. The smallest absolute Gasteiger partial charge is 0.224 e. The largest absolute Gasteiger partial charge is 0.353 e. The first kappa shape index (κ1) is 14.8. The first-order valence-electron chi connectivity index (χ1n) is 7.88. The van der Waals surface area contributed by atoms with E-state index in [1.54, 1.807) is 0 Å². The minimum absolute atomic E-state index is 0.197. The number of nitrogens with zero attached hydrogens (tertiary/aromatic N) is 1. The van der Waals surface area contributed by atoms with Gasteiger partial charge in [0.05, 0.1) is 5.92 Å². The van der Waals surface area contributed by atoms with Gasteiger partial charge in [-0.2, -0.15) is 0 Å². The van der Waals surface area contributed by atoms with Crippen molar-refractivity contribution in [3.05, 3.63) is 0 Å². The van der Waals surface area contributed by atoms with Gasteiger partial charge in [-0.05, 0) is 38.1 Å². The van der Waals surface area contributed by atoms with Gasteiger partial charge in [-0.3, -0.25) is 4.79 Å². The van der Waals surface area contributed by atoms with Crippen LogP contribution in [0, 0.1) is 11.8 Å².